The first-order chi connectivity index (χ1) is 9.85. The molecule has 20 heavy (non-hydrogen) atoms. The van der Waals surface area contributed by atoms with Crippen LogP contribution in [0.3, 0.4) is 0 Å². The molecule has 0 saturated carbocycles. The lowest BCUT2D eigenvalue weighted by Crippen LogP contribution is -2.21. The Morgan fingerprint density at radius 2 is 1.90 bits per heavy atom. The van der Waals surface area contributed by atoms with Crippen LogP contribution in [0, 0.1) is 0 Å². The first kappa shape index (κ1) is 15.5. The van der Waals surface area contributed by atoms with Gasteiger partial charge in [0.2, 0.25) is 0 Å². The lowest BCUT2D eigenvalue weighted by molar-refractivity contribution is 0.476. The van der Waals surface area contributed by atoms with Crippen LogP contribution in [0.2, 0.25) is 0 Å². The molecule has 0 bridgehead atoms. The van der Waals surface area contributed by atoms with E-state index < -0.39 is 0 Å². The summed E-state index contributed by atoms with van der Waals surface area (Å²) in [5.74, 6) is 0. The van der Waals surface area contributed by atoms with E-state index in [1.165, 1.54) is 53.5 Å². The van der Waals surface area contributed by atoms with Crippen LogP contribution in [0.25, 0.3) is 10.1 Å². The molecule has 1 aromatic carbocycles. The number of nitrogens with one attached hydrogen (secondary N) is 1. The molecule has 1 N–H and O–H groups in total. The van der Waals surface area contributed by atoms with E-state index in [0.29, 0.717) is 6.04 Å². The minimum absolute atomic E-state index is 0.546. The molecule has 1 aromatic heterocycles. The third-order valence-electron chi connectivity index (χ3n) is 3.78. The van der Waals surface area contributed by atoms with Gasteiger partial charge in [0.1, 0.15) is 0 Å². The molecule has 2 rings (SSSR count). The molecule has 2 heteroatoms. The maximum Gasteiger partial charge on any atom is 0.0415 e. The van der Waals surface area contributed by atoms with Gasteiger partial charge in [0.05, 0.1) is 0 Å². The fourth-order valence-electron chi connectivity index (χ4n) is 2.61. The topological polar surface area (TPSA) is 12.0 Å². The first-order valence-electron chi connectivity index (χ1n) is 8.07. The van der Waals surface area contributed by atoms with Crippen LogP contribution in [0.5, 0.6) is 0 Å². The fraction of sp³-hybridized carbons (Fsp3) is 0.556. The highest BCUT2D eigenvalue weighted by Gasteiger charge is 2.13. The van der Waals surface area contributed by atoms with Crippen molar-refractivity contribution in [3.8, 4) is 0 Å². The van der Waals surface area contributed by atoms with Crippen LogP contribution in [0.4, 0.5) is 0 Å². The van der Waals surface area contributed by atoms with Gasteiger partial charge < -0.3 is 5.32 Å². The first-order valence-corrected chi connectivity index (χ1v) is 8.88. The van der Waals surface area contributed by atoms with E-state index in [1.54, 1.807) is 0 Å². The Balaban J connectivity index is 2.04. The molecular formula is C18H27NS. The van der Waals surface area contributed by atoms with Crippen molar-refractivity contribution in [3.63, 3.8) is 0 Å². The number of unbranched alkanes of at least 4 members (excludes halogenated alkanes) is 3. The van der Waals surface area contributed by atoms with E-state index in [1.807, 2.05) is 11.3 Å². The average Bonchev–Trinajstić information content (AvgIpc) is 2.90. The van der Waals surface area contributed by atoms with Gasteiger partial charge in [-0.25, -0.2) is 0 Å². The van der Waals surface area contributed by atoms with Crippen LogP contribution in [-0.4, -0.2) is 6.54 Å². The molecule has 1 nitrogen and oxygen atoms in total. The van der Waals surface area contributed by atoms with Crippen molar-refractivity contribution in [2.45, 2.75) is 58.4 Å². The molecule has 110 valence electrons. The molecule has 0 spiro atoms. The van der Waals surface area contributed by atoms with Gasteiger partial charge in [-0.2, -0.15) is 0 Å². The zero-order valence-corrected chi connectivity index (χ0v) is 13.6. The quantitative estimate of drug-likeness (QED) is 0.566. The zero-order valence-electron chi connectivity index (χ0n) is 12.8. The molecule has 0 aliphatic heterocycles. The molecular weight excluding hydrogens is 262 g/mol. The summed E-state index contributed by atoms with van der Waals surface area (Å²) < 4.78 is 1.42. The highest BCUT2D eigenvalue weighted by Crippen LogP contribution is 2.32. The van der Waals surface area contributed by atoms with Gasteiger partial charge in [0.15, 0.2) is 0 Å². The molecule has 1 atom stereocenters. The number of benzene rings is 1. The van der Waals surface area contributed by atoms with E-state index in [9.17, 15) is 0 Å². The maximum atomic E-state index is 3.73. The van der Waals surface area contributed by atoms with Crippen LogP contribution < -0.4 is 5.32 Å². The fourth-order valence-corrected chi connectivity index (χ4v) is 3.79. The minimum atomic E-state index is 0.546. The second-order valence-electron chi connectivity index (χ2n) is 5.54. The van der Waals surface area contributed by atoms with Crippen molar-refractivity contribution < 1.29 is 0 Å². The summed E-state index contributed by atoms with van der Waals surface area (Å²) in [4.78, 5) is 1.51. The summed E-state index contributed by atoms with van der Waals surface area (Å²) in [6, 6.07) is 11.7. The van der Waals surface area contributed by atoms with Gasteiger partial charge in [0.25, 0.3) is 0 Å². The molecule has 0 fully saturated rings. The molecule has 0 aliphatic carbocycles. The van der Waals surface area contributed by atoms with Gasteiger partial charge in [-0.3, -0.25) is 0 Å². The van der Waals surface area contributed by atoms with Gasteiger partial charge >= 0.3 is 0 Å². The molecule has 0 amide bonds. The monoisotopic (exact) mass is 289 g/mol. The number of thiophene rings is 1. The Kier molecular flexibility index (Phi) is 6.55. The number of rotatable bonds is 9. The Hall–Kier alpha value is -0.860. The van der Waals surface area contributed by atoms with Gasteiger partial charge in [-0.1, -0.05) is 57.7 Å². The predicted octanol–water partition coefficient (Wildman–Crippen LogP) is 5.91. The molecule has 2 aromatic rings. The Bertz CT molecular complexity index is 470. The maximum absolute atomic E-state index is 3.73. The van der Waals surface area contributed by atoms with Crippen molar-refractivity contribution >= 4 is 21.4 Å². The van der Waals surface area contributed by atoms with Crippen LogP contribution in [-0.2, 0) is 0 Å². The lowest BCUT2D eigenvalue weighted by Gasteiger charge is -2.17. The molecule has 0 saturated heterocycles. The van der Waals surface area contributed by atoms with E-state index >= 15 is 0 Å². The van der Waals surface area contributed by atoms with Crippen LogP contribution in [0.1, 0.15) is 63.3 Å². The molecule has 0 radical (unpaired) electrons. The second kappa shape index (κ2) is 8.43. The van der Waals surface area contributed by atoms with E-state index in [4.69, 9.17) is 0 Å². The smallest absolute Gasteiger partial charge is 0.0415 e. The molecule has 0 aliphatic rings. The summed E-state index contributed by atoms with van der Waals surface area (Å²) in [5, 5.41) is 5.13. The van der Waals surface area contributed by atoms with Crippen molar-refractivity contribution in [2.24, 2.45) is 0 Å². The summed E-state index contributed by atoms with van der Waals surface area (Å²) in [6.07, 6.45) is 7.86. The van der Waals surface area contributed by atoms with Crippen molar-refractivity contribution in [1.29, 1.82) is 0 Å². The summed E-state index contributed by atoms with van der Waals surface area (Å²) in [5.41, 5.74) is 0. The zero-order chi connectivity index (χ0) is 14.2. The highest BCUT2D eigenvalue weighted by molar-refractivity contribution is 7.19. The van der Waals surface area contributed by atoms with Crippen molar-refractivity contribution in [3.05, 3.63) is 35.2 Å². The Labute approximate surface area is 127 Å². The molecule has 1 unspecified atom stereocenters. The largest absolute Gasteiger partial charge is 0.309 e. The van der Waals surface area contributed by atoms with Crippen molar-refractivity contribution in [1.82, 2.24) is 5.32 Å². The predicted molar refractivity (Wildman–Crippen MR) is 91.6 cm³/mol. The second-order valence-corrected chi connectivity index (χ2v) is 6.66. The number of fused-ring (bicyclic) bond motifs is 1. The summed E-state index contributed by atoms with van der Waals surface area (Å²) in [7, 11) is 0. The highest BCUT2D eigenvalue weighted by atomic mass is 32.1. The minimum Gasteiger partial charge on any atom is -0.309 e. The van der Waals surface area contributed by atoms with E-state index in [2.05, 4.69) is 49.5 Å². The van der Waals surface area contributed by atoms with E-state index in [0.717, 1.165) is 6.54 Å². The van der Waals surface area contributed by atoms with Crippen molar-refractivity contribution in [2.75, 3.05) is 6.54 Å². The van der Waals surface area contributed by atoms with E-state index in [-0.39, 0.29) is 0 Å². The normalized spacial score (nSPS) is 12.9. The van der Waals surface area contributed by atoms with Gasteiger partial charge in [-0.05, 0) is 36.9 Å². The average molecular weight is 289 g/mol. The SMILES string of the molecule is CCCCCCC(NCCC)c1cc2ccccc2s1. The number of hydrogen-bond donors (Lipinski definition) is 1. The van der Waals surface area contributed by atoms with Gasteiger partial charge in [-0.15, -0.1) is 11.3 Å². The van der Waals surface area contributed by atoms with Crippen LogP contribution >= 0.6 is 11.3 Å². The molecule has 1 heterocycles. The summed E-state index contributed by atoms with van der Waals surface area (Å²) >= 11 is 1.96. The number of hydrogen-bond acceptors (Lipinski definition) is 2. The third kappa shape index (κ3) is 4.32. The van der Waals surface area contributed by atoms with Crippen LogP contribution in [0.15, 0.2) is 30.3 Å². The standard InChI is InChI=1S/C18H27NS/c1-3-5-6-7-11-16(19-13-4-2)18-14-15-10-8-9-12-17(15)20-18/h8-10,12,14,16,19H,3-7,11,13H2,1-2H3. The third-order valence-corrected chi connectivity index (χ3v) is 5.00. The Morgan fingerprint density at radius 1 is 1.05 bits per heavy atom. The Morgan fingerprint density at radius 3 is 2.65 bits per heavy atom. The lowest BCUT2D eigenvalue weighted by atomic mass is 10.1. The summed E-state index contributed by atoms with van der Waals surface area (Å²) in [6.45, 7) is 5.64. The van der Waals surface area contributed by atoms with Gasteiger partial charge in [0, 0.05) is 15.6 Å².